The van der Waals surface area contributed by atoms with E-state index in [1.807, 2.05) is 0 Å². The Bertz CT molecular complexity index is 542. The van der Waals surface area contributed by atoms with E-state index in [0.717, 1.165) is 17.7 Å². The highest BCUT2D eigenvalue weighted by Crippen LogP contribution is 2.55. The van der Waals surface area contributed by atoms with Crippen molar-refractivity contribution in [1.29, 1.82) is 0 Å². The predicted molar refractivity (Wildman–Crippen MR) is 103 cm³/mol. The summed E-state index contributed by atoms with van der Waals surface area (Å²) in [6.07, 6.45) is 8.22. The number of hydrogen-bond donors (Lipinski definition) is 0. The van der Waals surface area contributed by atoms with Crippen LogP contribution in [0, 0.1) is 5.92 Å². The number of halogens is 2. The fraction of sp³-hybridized carbons (Fsp3) is 0.667. The molecule has 1 heterocycles. The minimum Gasteiger partial charge on any atom is -0.497 e. The number of benzene rings is 1. The van der Waals surface area contributed by atoms with E-state index in [0.29, 0.717) is 5.41 Å². The number of hydrogen-bond acceptors (Lipinski definition) is 2. The fourth-order valence-electron chi connectivity index (χ4n) is 5.30. The number of nitrogens with zero attached hydrogens (tertiary/aromatic N) is 1. The summed E-state index contributed by atoms with van der Waals surface area (Å²) in [5, 5.41) is 0. The van der Waals surface area contributed by atoms with Crippen molar-refractivity contribution in [2.45, 2.75) is 50.0 Å². The van der Waals surface area contributed by atoms with E-state index in [2.05, 4.69) is 30.1 Å². The molecule has 2 fully saturated rings. The van der Waals surface area contributed by atoms with E-state index >= 15 is 0 Å². The van der Waals surface area contributed by atoms with Crippen LogP contribution in [0.15, 0.2) is 18.2 Å². The highest BCUT2D eigenvalue weighted by Gasteiger charge is 2.53. The quantitative estimate of drug-likeness (QED) is 0.716. The third-order valence-corrected chi connectivity index (χ3v) is 6.32. The number of ether oxygens (including phenoxy) is 1. The van der Waals surface area contributed by atoms with Gasteiger partial charge in [-0.3, -0.25) is 0 Å². The number of rotatable bonds is 1. The zero-order valence-corrected chi connectivity index (χ0v) is 16.5. The van der Waals surface area contributed by atoms with Gasteiger partial charge in [-0.15, -0.1) is 29.4 Å². The molecular weight excluding hydrogens is 378 g/mol. The van der Waals surface area contributed by atoms with Crippen molar-refractivity contribution in [1.82, 2.24) is 4.90 Å². The predicted octanol–water partition coefficient (Wildman–Crippen LogP) is 3.56. The molecule has 23 heavy (non-hydrogen) atoms. The zero-order chi connectivity index (χ0) is 13.7. The van der Waals surface area contributed by atoms with Crippen molar-refractivity contribution in [3.8, 4) is 5.75 Å². The Labute approximate surface area is 156 Å². The Balaban J connectivity index is 0.000000882. The van der Waals surface area contributed by atoms with Crippen LogP contribution in [0.4, 0.5) is 0 Å². The van der Waals surface area contributed by atoms with Crippen LogP contribution in [0.5, 0.6) is 5.75 Å². The van der Waals surface area contributed by atoms with Gasteiger partial charge in [0.15, 0.2) is 0 Å². The first-order chi connectivity index (χ1) is 9.74. The van der Waals surface area contributed by atoms with Gasteiger partial charge < -0.3 is 15.1 Å². The number of piperidine rings is 1. The molecule has 0 amide bonds. The number of methoxy groups -OCH3 is 1. The maximum absolute atomic E-state index is 5.51. The summed E-state index contributed by atoms with van der Waals surface area (Å²) in [5.74, 6) is 1.91. The third-order valence-electron chi connectivity index (χ3n) is 6.32. The van der Waals surface area contributed by atoms with Gasteiger partial charge >= 0.3 is 0 Å². The van der Waals surface area contributed by atoms with Crippen LogP contribution in [-0.4, -0.2) is 37.1 Å². The summed E-state index contributed by atoms with van der Waals surface area (Å²) in [4.78, 5) is 2.63. The molecule has 1 aliphatic heterocycles. The maximum Gasteiger partial charge on any atom is 0.119 e. The molecule has 3 atom stereocenters. The SMILES string of the molecule is Br.COc1ccc2c(c1)[C@]13CCCC[C@@H]1[C@H](C2)N(C)CC3.Cl.O. The molecule has 2 aliphatic carbocycles. The molecule has 1 saturated carbocycles. The van der Waals surface area contributed by atoms with E-state index in [1.54, 1.807) is 18.2 Å². The molecule has 0 spiro atoms. The Kier molecular flexibility index (Phi) is 6.97. The fourth-order valence-corrected chi connectivity index (χ4v) is 5.30. The summed E-state index contributed by atoms with van der Waals surface area (Å²) >= 11 is 0. The lowest BCUT2D eigenvalue weighted by molar-refractivity contribution is 0.00274. The molecule has 1 aromatic carbocycles. The molecule has 0 aromatic heterocycles. The van der Waals surface area contributed by atoms with Crippen molar-refractivity contribution in [2.24, 2.45) is 5.92 Å². The van der Waals surface area contributed by atoms with Gasteiger partial charge in [0.1, 0.15) is 5.75 Å². The van der Waals surface area contributed by atoms with Crippen molar-refractivity contribution < 1.29 is 10.2 Å². The topological polar surface area (TPSA) is 44.0 Å². The van der Waals surface area contributed by atoms with E-state index in [9.17, 15) is 0 Å². The van der Waals surface area contributed by atoms with Crippen LogP contribution >= 0.6 is 29.4 Å². The largest absolute Gasteiger partial charge is 0.497 e. The molecule has 132 valence electrons. The summed E-state index contributed by atoms with van der Waals surface area (Å²) in [5.41, 5.74) is 3.67. The summed E-state index contributed by atoms with van der Waals surface area (Å²) in [7, 11) is 4.12. The Morgan fingerprint density at radius 2 is 2.00 bits per heavy atom. The van der Waals surface area contributed by atoms with Crippen molar-refractivity contribution in [3.05, 3.63) is 29.3 Å². The van der Waals surface area contributed by atoms with E-state index in [-0.39, 0.29) is 34.9 Å². The maximum atomic E-state index is 5.51. The lowest BCUT2D eigenvalue weighted by Gasteiger charge is -2.58. The molecule has 4 rings (SSSR count). The van der Waals surface area contributed by atoms with Gasteiger partial charge in [-0.25, -0.2) is 0 Å². The second-order valence-corrected chi connectivity index (χ2v) is 7.03. The van der Waals surface area contributed by atoms with E-state index in [4.69, 9.17) is 4.74 Å². The standard InChI is InChI=1S/C18H25NO.BrH.ClH.H2O/c1-19-10-9-18-8-4-3-5-15(18)17(19)11-13-6-7-14(20-2)12-16(13)18;;;/h6-7,12,15,17H,3-5,8-11H2,1-2H3;2*1H;1H2/t15-,17+,18+;;;/m1.../s1. The molecule has 0 radical (unpaired) electrons. The molecule has 2 N–H and O–H groups in total. The smallest absolute Gasteiger partial charge is 0.119 e. The molecular formula is C18H29BrClNO2. The van der Waals surface area contributed by atoms with Crippen LogP contribution in [0.3, 0.4) is 0 Å². The normalized spacial score (nSPS) is 31.4. The Hall–Kier alpha value is -0.290. The van der Waals surface area contributed by atoms with Gasteiger partial charge in [0.05, 0.1) is 7.11 Å². The first kappa shape index (κ1) is 20.8. The lowest BCUT2D eigenvalue weighted by Crippen LogP contribution is -2.59. The van der Waals surface area contributed by atoms with E-state index < -0.39 is 0 Å². The van der Waals surface area contributed by atoms with Crippen LogP contribution < -0.4 is 4.74 Å². The molecule has 0 unspecified atom stereocenters. The lowest BCUT2D eigenvalue weighted by atomic mass is 9.52. The average Bonchev–Trinajstić information content (AvgIpc) is 2.50. The van der Waals surface area contributed by atoms with Gasteiger partial charge in [0.2, 0.25) is 0 Å². The minimum atomic E-state index is 0. The van der Waals surface area contributed by atoms with E-state index in [1.165, 1.54) is 45.1 Å². The van der Waals surface area contributed by atoms with Gasteiger partial charge in [-0.2, -0.15) is 0 Å². The molecule has 1 saturated heterocycles. The molecule has 3 nitrogen and oxygen atoms in total. The second kappa shape index (κ2) is 7.73. The van der Waals surface area contributed by atoms with Crippen molar-refractivity contribution >= 4 is 29.4 Å². The van der Waals surface area contributed by atoms with Crippen molar-refractivity contribution in [3.63, 3.8) is 0 Å². The summed E-state index contributed by atoms with van der Waals surface area (Å²) in [6, 6.07) is 7.60. The van der Waals surface area contributed by atoms with Gasteiger partial charge in [-0.1, -0.05) is 18.9 Å². The average molecular weight is 407 g/mol. The van der Waals surface area contributed by atoms with Gasteiger partial charge in [0, 0.05) is 11.5 Å². The van der Waals surface area contributed by atoms with Crippen LogP contribution in [0.1, 0.15) is 43.2 Å². The van der Waals surface area contributed by atoms with Gasteiger partial charge in [0.25, 0.3) is 0 Å². The molecule has 3 aliphatic rings. The van der Waals surface area contributed by atoms with Crippen molar-refractivity contribution in [2.75, 3.05) is 20.7 Å². The number of fused-ring (bicyclic) bond motifs is 1. The minimum absolute atomic E-state index is 0. The van der Waals surface area contributed by atoms with Crippen LogP contribution in [0.25, 0.3) is 0 Å². The first-order valence-corrected chi connectivity index (χ1v) is 8.12. The van der Waals surface area contributed by atoms with Crippen LogP contribution in [0.2, 0.25) is 0 Å². The molecule has 2 bridgehead atoms. The molecule has 1 aromatic rings. The first-order valence-electron chi connectivity index (χ1n) is 8.12. The summed E-state index contributed by atoms with van der Waals surface area (Å²) < 4.78 is 5.51. The zero-order valence-electron chi connectivity index (χ0n) is 14.0. The van der Waals surface area contributed by atoms with Crippen LogP contribution in [-0.2, 0) is 11.8 Å². The number of likely N-dealkylation sites (N-methyl/N-ethyl adjacent to an activating group) is 1. The number of likely N-dealkylation sites (tertiary alicyclic amines) is 1. The second-order valence-electron chi connectivity index (χ2n) is 7.03. The monoisotopic (exact) mass is 405 g/mol. The van der Waals surface area contributed by atoms with Gasteiger partial charge in [-0.05, 0) is 68.5 Å². The highest BCUT2D eigenvalue weighted by molar-refractivity contribution is 8.93. The Morgan fingerprint density at radius 3 is 2.74 bits per heavy atom. The highest BCUT2D eigenvalue weighted by atomic mass is 79.9. The molecule has 5 heteroatoms. The third kappa shape index (κ3) is 3.04. The summed E-state index contributed by atoms with van der Waals surface area (Å²) in [6.45, 7) is 1.26. The Morgan fingerprint density at radius 1 is 1.22 bits per heavy atom.